The molecular formula is C24H27ClN2O6. The highest BCUT2D eigenvalue weighted by atomic mass is 35.5. The van der Waals surface area contributed by atoms with Gasteiger partial charge in [-0.15, -0.1) is 0 Å². The van der Waals surface area contributed by atoms with Gasteiger partial charge in [-0.2, -0.15) is 0 Å². The zero-order valence-electron chi connectivity index (χ0n) is 18.2. The van der Waals surface area contributed by atoms with Gasteiger partial charge in [0.15, 0.2) is 12.4 Å². The Morgan fingerprint density at radius 2 is 1.82 bits per heavy atom. The molecule has 9 heteroatoms. The summed E-state index contributed by atoms with van der Waals surface area (Å²) in [5.41, 5.74) is 0.387. The lowest BCUT2D eigenvalue weighted by atomic mass is 9.99. The van der Waals surface area contributed by atoms with E-state index in [-0.39, 0.29) is 53.9 Å². The van der Waals surface area contributed by atoms with Crippen LogP contribution >= 0.6 is 11.6 Å². The third-order valence-corrected chi connectivity index (χ3v) is 5.50. The molecule has 0 radical (unpaired) electrons. The quantitative estimate of drug-likeness (QED) is 0.381. The van der Waals surface area contributed by atoms with Crippen molar-refractivity contribution in [3.8, 4) is 11.5 Å². The summed E-state index contributed by atoms with van der Waals surface area (Å²) in [6.07, 6.45) is 13.6. The number of carbonyl (C=O) groups excluding carboxylic acids is 2. The van der Waals surface area contributed by atoms with Crippen LogP contribution in [-0.4, -0.2) is 65.4 Å². The summed E-state index contributed by atoms with van der Waals surface area (Å²) < 4.78 is 5.27. The van der Waals surface area contributed by atoms with Gasteiger partial charge in [-0.1, -0.05) is 47.1 Å². The van der Waals surface area contributed by atoms with E-state index in [1.165, 1.54) is 0 Å². The lowest BCUT2D eigenvalue weighted by Gasteiger charge is -2.15. The first kappa shape index (κ1) is 24.5. The van der Waals surface area contributed by atoms with Crippen molar-refractivity contribution >= 4 is 29.1 Å². The molecule has 0 fully saturated rings. The van der Waals surface area contributed by atoms with E-state index in [0.29, 0.717) is 12.1 Å². The second-order valence-corrected chi connectivity index (χ2v) is 8.07. The number of halogens is 1. The lowest BCUT2D eigenvalue weighted by molar-refractivity contribution is -0.124. The van der Waals surface area contributed by atoms with Crippen LogP contribution in [0.25, 0.3) is 0 Å². The number of allylic oxidation sites excluding steroid dienone is 3. The number of phenolic OH excluding ortho intramolecular Hbond substituents is 2. The van der Waals surface area contributed by atoms with Gasteiger partial charge in [-0.25, -0.2) is 4.79 Å². The number of hydrogen-bond acceptors (Lipinski definition) is 8. The maximum atomic E-state index is 12.6. The first-order chi connectivity index (χ1) is 16.0. The molecule has 0 amide bonds. The molecule has 176 valence electrons. The zero-order valence-corrected chi connectivity index (χ0v) is 19.0. The van der Waals surface area contributed by atoms with Crippen molar-refractivity contribution in [2.75, 3.05) is 32.8 Å². The molecular weight excluding hydrogens is 448 g/mol. The zero-order chi connectivity index (χ0) is 23.6. The minimum Gasteiger partial charge on any atom is -0.507 e. The molecule has 8 nitrogen and oxygen atoms in total. The topological polar surface area (TPSA) is 109 Å². The van der Waals surface area contributed by atoms with Crippen molar-refractivity contribution in [2.24, 2.45) is 5.16 Å². The van der Waals surface area contributed by atoms with E-state index in [4.69, 9.17) is 21.2 Å². The molecule has 1 aromatic rings. The molecule has 0 spiro atoms. The van der Waals surface area contributed by atoms with Crippen LogP contribution in [0.3, 0.4) is 0 Å². The van der Waals surface area contributed by atoms with E-state index >= 15 is 0 Å². The number of ketones is 1. The average molecular weight is 475 g/mol. The highest BCUT2D eigenvalue weighted by Gasteiger charge is 2.24. The number of esters is 1. The average Bonchev–Trinajstić information content (AvgIpc) is 3.28. The number of cyclic esters (lactones) is 1. The Kier molecular flexibility index (Phi) is 9.09. The molecule has 0 bridgehead atoms. The predicted octanol–water partition coefficient (Wildman–Crippen LogP) is 3.56. The Morgan fingerprint density at radius 3 is 2.61 bits per heavy atom. The Labute approximate surface area is 197 Å². The summed E-state index contributed by atoms with van der Waals surface area (Å²) in [5, 5.41) is 24.4. The number of ether oxygens (including phenoxy) is 1. The monoisotopic (exact) mass is 474 g/mol. The summed E-state index contributed by atoms with van der Waals surface area (Å²) in [4.78, 5) is 32.1. The fourth-order valence-electron chi connectivity index (χ4n) is 3.45. The van der Waals surface area contributed by atoms with Gasteiger partial charge in [0.25, 0.3) is 0 Å². The lowest BCUT2D eigenvalue weighted by Crippen LogP contribution is -2.29. The van der Waals surface area contributed by atoms with E-state index in [0.717, 1.165) is 32.0 Å². The molecule has 0 unspecified atom stereocenters. The first-order valence-electron chi connectivity index (χ1n) is 10.8. The van der Waals surface area contributed by atoms with Crippen molar-refractivity contribution in [3.63, 3.8) is 0 Å². The first-order valence-corrected chi connectivity index (χ1v) is 11.1. The van der Waals surface area contributed by atoms with Crippen LogP contribution in [0.2, 0.25) is 5.02 Å². The number of Topliss-reactive ketones (excluding diaryl/α,β-unsaturated/α-hetero) is 1. The molecule has 33 heavy (non-hydrogen) atoms. The van der Waals surface area contributed by atoms with Crippen LogP contribution in [0.5, 0.6) is 11.5 Å². The Bertz CT molecular complexity index is 991. The van der Waals surface area contributed by atoms with Crippen LogP contribution in [0.1, 0.15) is 35.2 Å². The number of aromatic hydroxyl groups is 2. The van der Waals surface area contributed by atoms with E-state index in [9.17, 15) is 19.8 Å². The van der Waals surface area contributed by atoms with Crippen LogP contribution in [0.4, 0.5) is 0 Å². The third-order valence-electron chi connectivity index (χ3n) is 5.08. The molecule has 0 saturated carbocycles. The van der Waals surface area contributed by atoms with Crippen LogP contribution in [0.15, 0.2) is 47.7 Å². The van der Waals surface area contributed by atoms with Crippen molar-refractivity contribution < 1.29 is 29.4 Å². The smallest absolute Gasteiger partial charge is 0.342 e. The second-order valence-electron chi connectivity index (χ2n) is 7.70. The number of fused-ring (bicyclic) bond motifs is 1. The molecule has 2 N–H and O–H groups in total. The fourth-order valence-corrected chi connectivity index (χ4v) is 3.67. The standard InChI is InChI=1S/C24H27ClN2O6/c25-23-19-13-17(26-33-16-18(28)15-27-10-6-7-11-27)9-5-3-1-2-4-8-12-32-24(31)22(19)20(29)14-21(23)30/h2,4-7,9,14,29-30H,1,3,8,10-13,15-16H2/b4-2+,9-5+,26-17+. The number of oxime groups is 1. The molecule has 0 aliphatic carbocycles. The summed E-state index contributed by atoms with van der Waals surface area (Å²) in [5.74, 6) is -1.69. The summed E-state index contributed by atoms with van der Waals surface area (Å²) in [6.45, 7) is 1.67. The van der Waals surface area contributed by atoms with Gasteiger partial charge in [0, 0.05) is 25.6 Å². The van der Waals surface area contributed by atoms with E-state index in [2.05, 4.69) is 5.16 Å². The normalized spacial score (nSPS) is 20.6. The second kappa shape index (κ2) is 12.2. The maximum absolute atomic E-state index is 12.6. The minimum absolute atomic E-state index is 0.0260. The fraction of sp³-hybridized carbons (Fsp3) is 0.375. The number of phenols is 2. The van der Waals surface area contributed by atoms with Crippen molar-refractivity contribution in [3.05, 3.63) is 58.7 Å². The summed E-state index contributed by atoms with van der Waals surface area (Å²) in [7, 11) is 0. The Morgan fingerprint density at radius 1 is 1.09 bits per heavy atom. The van der Waals surface area contributed by atoms with Gasteiger partial charge < -0.3 is 19.8 Å². The molecule has 2 aliphatic rings. The van der Waals surface area contributed by atoms with Crippen molar-refractivity contribution in [1.29, 1.82) is 0 Å². The van der Waals surface area contributed by atoms with Crippen LogP contribution in [0, 0.1) is 0 Å². The van der Waals surface area contributed by atoms with Gasteiger partial charge in [0.05, 0.1) is 23.9 Å². The van der Waals surface area contributed by atoms with Gasteiger partial charge in [-0.3, -0.25) is 9.69 Å². The molecule has 0 saturated heterocycles. The Hall–Kier alpha value is -3.10. The van der Waals surface area contributed by atoms with Gasteiger partial charge in [0.2, 0.25) is 0 Å². The van der Waals surface area contributed by atoms with Gasteiger partial charge in [0.1, 0.15) is 17.1 Å². The molecule has 2 aliphatic heterocycles. The van der Waals surface area contributed by atoms with Crippen molar-refractivity contribution in [1.82, 2.24) is 4.90 Å². The molecule has 3 rings (SSSR count). The number of hydrogen-bond donors (Lipinski definition) is 2. The van der Waals surface area contributed by atoms with Crippen LogP contribution < -0.4 is 0 Å². The van der Waals surface area contributed by atoms with E-state index < -0.39 is 11.7 Å². The predicted molar refractivity (Wildman–Crippen MR) is 125 cm³/mol. The number of nitrogens with zero attached hydrogens (tertiary/aromatic N) is 2. The largest absolute Gasteiger partial charge is 0.507 e. The molecule has 0 atom stereocenters. The molecule has 0 aromatic heterocycles. The maximum Gasteiger partial charge on any atom is 0.342 e. The summed E-state index contributed by atoms with van der Waals surface area (Å²) in [6, 6.07) is 1.00. The van der Waals surface area contributed by atoms with Crippen LogP contribution in [-0.2, 0) is 20.8 Å². The number of carbonyl (C=O) groups is 2. The molecule has 2 heterocycles. The van der Waals surface area contributed by atoms with E-state index in [1.807, 2.05) is 35.3 Å². The van der Waals surface area contributed by atoms with E-state index in [1.54, 1.807) is 6.08 Å². The number of benzene rings is 1. The Balaban J connectivity index is 1.83. The van der Waals surface area contributed by atoms with Gasteiger partial charge >= 0.3 is 5.97 Å². The van der Waals surface area contributed by atoms with Gasteiger partial charge in [-0.05, 0) is 30.9 Å². The highest BCUT2D eigenvalue weighted by Crippen LogP contribution is 2.37. The molecule has 1 aromatic carbocycles. The minimum atomic E-state index is -0.756. The summed E-state index contributed by atoms with van der Waals surface area (Å²) >= 11 is 6.28. The third kappa shape index (κ3) is 7.20. The number of rotatable bonds is 5. The highest BCUT2D eigenvalue weighted by molar-refractivity contribution is 6.33. The SMILES string of the molecule is O=C(CO/N=C1\C=C\CC/C=C/CCOC(=O)c2c(O)cc(O)c(Cl)c2C1)CN1CC=CC1. The van der Waals surface area contributed by atoms with Crippen molar-refractivity contribution in [2.45, 2.75) is 25.7 Å².